The van der Waals surface area contributed by atoms with E-state index in [2.05, 4.69) is 5.32 Å². The van der Waals surface area contributed by atoms with E-state index in [-0.39, 0.29) is 42.2 Å². The van der Waals surface area contributed by atoms with Gasteiger partial charge in [-0.2, -0.15) is 0 Å². The van der Waals surface area contributed by atoms with Gasteiger partial charge in [-0.3, -0.25) is 9.59 Å². The second kappa shape index (κ2) is 7.57. The van der Waals surface area contributed by atoms with Crippen LogP contribution in [0.25, 0.3) is 0 Å². The molecule has 23 heavy (non-hydrogen) atoms. The predicted octanol–water partition coefficient (Wildman–Crippen LogP) is -4.41. The Balaban J connectivity index is 0.00000192. The van der Waals surface area contributed by atoms with Crippen molar-refractivity contribution in [1.29, 1.82) is 0 Å². The summed E-state index contributed by atoms with van der Waals surface area (Å²) in [6, 6.07) is 7.89. The van der Waals surface area contributed by atoms with Crippen molar-refractivity contribution in [2.24, 2.45) is 0 Å². The summed E-state index contributed by atoms with van der Waals surface area (Å²) in [7, 11) is 0. The Morgan fingerprint density at radius 2 is 2.04 bits per heavy atom. The fourth-order valence-corrected chi connectivity index (χ4v) is 3.81. The Morgan fingerprint density at radius 1 is 1.35 bits per heavy atom. The summed E-state index contributed by atoms with van der Waals surface area (Å²) in [4.78, 5) is 35.9. The minimum Gasteiger partial charge on any atom is -0.547 e. The molecule has 9 heteroatoms. The van der Waals surface area contributed by atoms with Gasteiger partial charge in [-0.05, 0) is 12.1 Å². The maximum Gasteiger partial charge on any atom is 1.00 e. The minimum atomic E-state index is -1.28. The van der Waals surface area contributed by atoms with Gasteiger partial charge < -0.3 is 24.9 Å². The van der Waals surface area contributed by atoms with Crippen molar-refractivity contribution in [3.05, 3.63) is 30.3 Å². The third kappa shape index (κ3) is 3.65. The van der Waals surface area contributed by atoms with E-state index in [0.29, 0.717) is 11.5 Å². The van der Waals surface area contributed by atoms with Crippen LogP contribution in [0.5, 0.6) is 5.75 Å². The average molecular weight is 344 g/mol. The smallest absolute Gasteiger partial charge is 0.547 e. The number of rotatable bonds is 5. The van der Waals surface area contributed by atoms with Crippen LogP contribution < -0.4 is 44.7 Å². The molecule has 0 radical (unpaired) electrons. The monoisotopic (exact) mass is 344 g/mol. The number of carbonyl (C=O) groups excluding carboxylic acids is 3. The Morgan fingerprint density at radius 3 is 2.70 bits per heavy atom. The van der Waals surface area contributed by atoms with Gasteiger partial charge in [0.05, 0.1) is 12.0 Å². The molecule has 2 saturated heterocycles. The fourth-order valence-electron chi connectivity index (χ4n) is 2.52. The number of nitrogens with one attached hydrogen (secondary N) is 1. The van der Waals surface area contributed by atoms with Gasteiger partial charge >= 0.3 is 29.6 Å². The Bertz CT molecular complexity index is 614. The van der Waals surface area contributed by atoms with E-state index in [4.69, 9.17) is 4.74 Å². The molecule has 2 unspecified atom stereocenters. The first-order valence-corrected chi connectivity index (χ1v) is 7.74. The van der Waals surface area contributed by atoms with Crippen molar-refractivity contribution in [2.45, 2.75) is 17.5 Å². The van der Waals surface area contributed by atoms with E-state index in [1.165, 1.54) is 4.90 Å². The summed E-state index contributed by atoms with van der Waals surface area (Å²) in [5.41, 5.74) is 0. The number of hydrogen-bond donors (Lipinski definition) is 1. The van der Waals surface area contributed by atoms with Gasteiger partial charge in [-0.25, -0.2) is 0 Å². The zero-order valence-corrected chi connectivity index (χ0v) is 15.2. The fraction of sp³-hybridized carbons (Fsp3) is 0.357. The summed E-state index contributed by atoms with van der Waals surface area (Å²) in [6.45, 7) is -0.197. The van der Waals surface area contributed by atoms with Gasteiger partial charge in [-0.15, -0.1) is 11.8 Å². The molecule has 1 N–H and O–H groups in total. The van der Waals surface area contributed by atoms with Gasteiger partial charge in [0.15, 0.2) is 6.61 Å². The van der Waals surface area contributed by atoms with E-state index in [1.807, 2.05) is 6.07 Å². The molecule has 3 atom stereocenters. The maximum atomic E-state index is 11.9. The summed E-state index contributed by atoms with van der Waals surface area (Å²) in [5, 5.41) is 12.5. The number of amides is 2. The molecule has 2 heterocycles. The van der Waals surface area contributed by atoms with E-state index in [0.717, 1.165) is 11.8 Å². The summed E-state index contributed by atoms with van der Waals surface area (Å²) >= 11 is 1.13. The summed E-state index contributed by atoms with van der Waals surface area (Å²) < 4.78 is 5.30. The van der Waals surface area contributed by atoms with Crippen LogP contribution in [0, 0.1) is 0 Å². The zero-order valence-electron chi connectivity index (χ0n) is 12.4. The van der Waals surface area contributed by atoms with Crippen molar-refractivity contribution >= 4 is 29.5 Å². The van der Waals surface area contributed by atoms with Gasteiger partial charge in [-0.1, -0.05) is 18.2 Å². The summed E-state index contributed by atoms with van der Waals surface area (Å²) in [6.07, 6.45) is 0. The molecule has 2 aliphatic heterocycles. The maximum absolute atomic E-state index is 11.9. The topological polar surface area (TPSA) is 98.8 Å². The van der Waals surface area contributed by atoms with Gasteiger partial charge in [0.25, 0.3) is 5.91 Å². The number of carboxylic acid groups (broad SMARTS) is 1. The van der Waals surface area contributed by atoms with Crippen molar-refractivity contribution in [3.8, 4) is 5.75 Å². The average Bonchev–Trinajstić information content (AvgIpc) is 2.92. The predicted molar refractivity (Wildman–Crippen MR) is 75.8 cm³/mol. The number of para-hydroxylation sites is 1. The Labute approximate surface area is 159 Å². The van der Waals surface area contributed by atoms with Gasteiger partial charge in [0.1, 0.15) is 17.2 Å². The minimum absolute atomic E-state index is 0. The zero-order chi connectivity index (χ0) is 15.7. The molecule has 2 amide bonds. The molecule has 0 aliphatic carbocycles. The molecule has 1 aromatic rings. The Kier molecular flexibility index (Phi) is 5.96. The van der Waals surface area contributed by atoms with Crippen molar-refractivity contribution < 1.29 is 53.8 Å². The van der Waals surface area contributed by atoms with E-state index >= 15 is 0 Å². The molecule has 116 valence electrons. The van der Waals surface area contributed by atoms with Crippen molar-refractivity contribution in [1.82, 2.24) is 10.2 Å². The largest absolute Gasteiger partial charge is 1.00 e. The normalized spacial score (nSPS) is 25.0. The summed E-state index contributed by atoms with van der Waals surface area (Å²) in [5.74, 6) is -1.05. The third-order valence-corrected chi connectivity index (χ3v) is 4.84. The second-order valence-corrected chi connectivity index (χ2v) is 6.08. The molecule has 7 nitrogen and oxygen atoms in total. The van der Waals surface area contributed by atoms with E-state index < -0.39 is 29.2 Å². The molecular weight excluding hydrogens is 331 g/mol. The number of thioether (sulfide) groups is 1. The first-order chi connectivity index (χ1) is 10.6. The molecule has 2 aliphatic rings. The van der Waals surface area contributed by atoms with Crippen LogP contribution in [-0.4, -0.2) is 52.5 Å². The van der Waals surface area contributed by atoms with Crippen LogP contribution in [0.1, 0.15) is 0 Å². The number of carbonyl (C=O) groups is 3. The molecule has 3 rings (SSSR count). The van der Waals surface area contributed by atoms with Crippen LogP contribution in [0.2, 0.25) is 0 Å². The van der Waals surface area contributed by atoms with Crippen molar-refractivity contribution in [3.63, 3.8) is 0 Å². The van der Waals surface area contributed by atoms with Crippen LogP contribution in [0.4, 0.5) is 0 Å². The standard InChI is InChI=1S/C14H14N2O5S.Na/c17-10(6-21-8-4-2-1-3-5-8)15-11-9-7-22-13(14(19)20)16(9)12(11)18;/h1-5,9,11,13H,6-7H2,(H,15,17)(H,19,20);/q;+1/p-1/t9?,11-,13?;/m0./s1. The number of ether oxygens (including phenoxy) is 1. The molecule has 0 bridgehead atoms. The molecule has 2 fully saturated rings. The first kappa shape index (κ1) is 18.1. The third-order valence-electron chi connectivity index (χ3n) is 3.57. The SMILES string of the molecule is O=C(COc1ccccc1)N[C@@H]1C(=O)N2C(C(=O)[O-])SCC12.[Na+]. The van der Waals surface area contributed by atoms with Crippen LogP contribution in [0.15, 0.2) is 30.3 Å². The first-order valence-electron chi connectivity index (χ1n) is 6.70. The molecule has 0 spiro atoms. The number of benzene rings is 1. The second-order valence-electron chi connectivity index (χ2n) is 4.96. The number of carboxylic acids is 1. The van der Waals surface area contributed by atoms with E-state index in [9.17, 15) is 19.5 Å². The van der Waals surface area contributed by atoms with Crippen molar-refractivity contribution in [2.75, 3.05) is 12.4 Å². The number of fused-ring (bicyclic) bond motifs is 1. The molecule has 1 aromatic carbocycles. The number of hydrogen-bond acceptors (Lipinski definition) is 6. The quantitative estimate of drug-likeness (QED) is 0.428. The number of aliphatic carboxylic acids is 1. The molecule has 0 aromatic heterocycles. The van der Waals surface area contributed by atoms with Crippen LogP contribution in [0.3, 0.4) is 0 Å². The van der Waals surface area contributed by atoms with Crippen LogP contribution in [-0.2, 0) is 14.4 Å². The Hall–Kier alpha value is -1.22. The van der Waals surface area contributed by atoms with Gasteiger partial charge in [0, 0.05) is 5.75 Å². The number of β-lactam (4-membered cyclic amide) rings is 1. The number of nitrogens with zero attached hydrogens (tertiary/aromatic N) is 1. The molecular formula is C14H13N2NaO5S. The van der Waals surface area contributed by atoms with Crippen LogP contribution >= 0.6 is 11.8 Å². The van der Waals surface area contributed by atoms with E-state index in [1.54, 1.807) is 24.3 Å². The van der Waals surface area contributed by atoms with Gasteiger partial charge in [0.2, 0.25) is 5.91 Å². The molecule has 0 saturated carbocycles.